The van der Waals surface area contributed by atoms with Crippen LogP contribution < -0.4 is 0 Å². The van der Waals surface area contributed by atoms with E-state index in [9.17, 15) is 0 Å². The SMILES string of the molecule is CC[O][Ga]([CH3])[O]CC. The quantitative estimate of drug-likeness (QED) is 0.597. The summed E-state index contributed by atoms with van der Waals surface area (Å²) < 4.78 is 10.5. The molecule has 0 bridgehead atoms. The van der Waals surface area contributed by atoms with Crippen LogP contribution in [0.5, 0.6) is 0 Å². The second-order valence-electron chi connectivity index (χ2n) is 1.48. The van der Waals surface area contributed by atoms with Crippen molar-refractivity contribution in [1.82, 2.24) is 0 Å². The first-order chi connectivity index (χ1) is 3.81. The van der Waals surface area contributed by atoms with E-state index in [4.69, 9.17) is 7.06 Å². The van der Waals surface area contributed by atoms with E-state index in [1.807, 2.05) is 13.8 Å². The van der Waals surface area contributed by atoms with Gasteiger partial charge in [-0.1, -0.05) is 0 Å². The van der Waals surface area contributed by atoms with Gasteiger partial charge in [0, 0.05) is 0 Å². The van der Waals surface area contributed by atoms with Gasteiger partial charge in [-0.2, -0.15) is 0 Å². The van der Waals surface area contributed by atoms with Crippen LogP contribution in [0.4, 0.5) is 0 Å². The summed E-state index contributed by atoms with van der Waals surface area (Å²) in [4.78, 5) is 0. The standard InChI is InChI=1S/2C2H5O.CH3.Ga/c2*1-2-3;;/h2*2H2,1H3;1H3;/q2*-1;;+2. The Kier molecular flexibility index (Phi) is 6.08. The van der Waals surface area contributed by atoms with Crippen molar-refractivity contribution in [3.05, 3.63) is 0 Å². The van der Waals surface area contributed by atoms with Gasteiger partial charge >= 0.3 is 56.5 Å². The molecule has 0 aromatic carbocycles. The van der Waals surface area contributed by atoms with E-state index in [0.29, 0.717) is 0 Å². The molecule has 0 atom stereocenters. The summed E-state index contributed by atoms with van der Waals surface area (Å²) in [6.07, 6.45) is 0. The fourth-order valence-electron chi connectivity index (χ4n) is 0.518. The second-order valence-corrected chi connectivity index (χ2v) is 5.26. The van der Waals surface area contributed by atoms with E-state index in [-0.39, 0.29) is 0 Å². The molecule has 0 rings (SSSR count). The number of hydrogen-bond acceptors (Lipinski definition) is 2. The summed E-state index contributed by atoms with van der Waals surface area (Å²) in [5, 5.41) is 0. The van der Waals surface area contributed by atoms with E-state index in [2.05, 4.69) is 5.48 Å². The zero-order chi connectivity index (χ0) is 6.41. The van der Waals surface area contributed by atoms with Gasteiger partial charge in [-0.15, -0.1) is 0 Å². The molecular formula is C5H13GaO2. The van der Waals surface area contributed by atoms with Crippen LogP contribution in [0.15, 0.2) is 0 Å². The molecule has 0 fully saturated rings. The maximum atomic E-state index is 5.25. The van der Waals surface area contributed by atoms with Crippen LogP contribution in [-0.2, 0) is 7.06 Å². The van der Waals surface area contributed by atoms with Gasteiger partial charge in [0.2, 0.25) is 0 Å². The topological polar surface area (TPSA) is 18.5 Å². The normalized spacial score (nSPS) is 9.38. The molecule has 0 N–H and O–H groups in total. The predicted molar refractivity (Wildman–Crippen MR) is 34.9 cm³/mol. The summed E-state index contributed by atoms with van der Waals surface area (Å²) in [6.45, 7) is 5.61. The van der Waals surface area contributed by atoms with Crippen LogP contribution in [0.1, 0.15) is 13.8 Å². The van der Waals surface area contributed by atoms with Crippen molar-refractivity contribution < 1.29 is 7.06 Å². The Balaban J connectivity index is 2.92. The van der Waals surface area contributed by atoms with Crippen LogP contribution in [0.25, 0.3) is 0 Å². The summed E-state index contributed by atoms with van der Waals surface area (Å²) >= 11 is -1.61. The zero-order valence-electron chi connectivity index (χ0n) is 5.81. The van der Waals surface area contributed by atoms with Gasteiger partial charge in [0.05, 0.1) is 0 Å². The molecular weight excluding hydrogens is 162 g/mol. The Morgan fingerprint density at radius 2 is 1.50 bits per heavy atom. The van der Waals surface area contributed by atoms with Gasteiger partial charge in [0.1, 0.15) is 0 Å². The Hall–Kier alpha value is 0.556. The van der Waals surface area contributed by atoms with Crippen LogP contribution in [0.2, 0.25) is 5.48 Å². The molecule has 0 heterocycles. The van der Waals surface area contributed by atoms with Crippen LogP contribution in [0, 0.1) is 0 Å². The molecule has 0 saturated heterocycles. The number of rotatable bonds is 4. The second kappa shape index (κ2) is 5.69. The zero-order valence-corrected chi connectivity index (χ0v) is 8.23. The first kappa shape index (κ1) is 8.56. The monoisotopic (exact) mass is 174 g/mol. The van der Waals surface area contributed by atoms with Gasteiger partial charge < -0.3 is 0 Å². The fourth-order valence-corrected chi connectivity index (χ4v) is 2.69. The first-order valence-electron chi connectivity index (χ1n) is 3.04. The van der Waals surface area contributed by atoms with Gasteiger partial charge in [-0.3, -0.25) is 0 Å². The van der Waals surface area contributed by atoms with E-state index in [0.717, 1.165) is 13.2 Å². The molecule has 3 heteroatoms. The van der Waals surface area contributed by atoms with Crippen molar-refractivity contribution in [3.63, 3.8) is 0 Å². The van der Waals surface area contributed by atoms with Crippen LogP contribution in [0.3, 0.4) is 0 Å². The molecule has 0 aromatic heterocycles. The van der Waals surface area contributed by atoms with Gasteiger partial charge in [0.25, 0.3) is 0 Å². The first-order valence-corrected chi connectivity index (χ1v) is 7.44. The van der Waals surface area contributed by atoms with Crippen LogP contribution >= 0.6 is 0 Å². The molecule has 0 saturated carbocycles. The van der Waals surface area contributed by atoms with Crippen molar-refractivity contribution in [2.45, 2.75) is 19.3 Å². The van der Waals surface area contributed by atoms with Crippen molar-refractivity contribution in [2.24, 2.45) is 0 Å². The van der Waals surface area contributed by atoms with E-state index >= 15 is 0 Å². The molecule has 0 aliphatic heterocycles. The third-order valence-electron chi connectivity index (χ3n) is 0.803. The molecule has 0 aromatic rings. The third-order valence-corrected chi connectivity index (χ3v) is 4.17. The summed E-state index contributed by atoms with van der Waals surface area (Å²) in [6, 6.07) is 0. The van der Waals surface area contributed by atoms with Crippen molar-refractivity contribution in [3.8, 4) is 0 Å². The molecule has 2 nitrogen and oxygen atoms in total. The Labute approximate surface area is 57.0 Å². The molecule has 0 aliphatic rings. The average molecular weight is 175 g/mol. The van der Waals surface area contributed by atoms with Crippen LogP contribution in [-0.4, -0.2) is 30.2 Å². The predicted octanol–water partition coefficient (Wildman–Crippen LogP) is 1.18. The van der Waals surface area contributed by atoms with Gasteiger partial charge in [-0.25, -0.2) is 0 Å². The Morgan fingerprint density at radius 1 is 1.12 bits per heavy atom. The molecule has 48 valence electrons. The van der Waals surface area contributed by atoms with Gasteiger partial charge in [0.15, 0.2) is 0 Å². The van der Waals surface area contributed by atoms with E-state index in [1.165, 1.54) is 0 Å². The molecule has 0 spiro atoms. The van der Waals surface area contributed by atoms with Crippen molar-refractivity contribution >= 4 is 16.9 Å². The maximum absolute atomic E-state index is 5.25. The molecule has 0 amide bonds. The van der Waals surface area contributed by atoms with Crippen molar-refractivity contribution in [1.29, 1.82) is 0 Å². The van der Waals surface area contributed by atoms with E-state index < -0.39 is 16.9 Å². The number of hydrogen-bond donors (Lipinski definition) is 0. The minimum atomic E-state index is -1.61. The van der Waals surface area contributed by atoms with Crippen molar-refractivity contribution in [2.75, 3.05) is 13.2 Å². The van der Waals surface area contributed by atoms with Gasteiger partial charge in [-0.05, 0) is 0 Å². The minimum absolute atomic E-state index is 0.807. The van der Waals surface area contributed by atoms with E-state index in [1.54, 1.807) is 0 Å². The summed E-state index contributed by atoms with van der Waals surface area (Å²) in [5.74, 6) is 0. The average Bonchev–Trinajstić information content (AvgIpc) is 1.68. The Bertz CT molecular complexity index is 43.7. The summed E-state index contributed by atoms with van der Waals surface area (Å²) in [5.41, 5.74) is 2.08. The molecule has 0 radical (unpaired) electrons. The Morgan fingerprint density at radius 3 is 1.75 bits per heavy atom. The third kappa shape index (κ3) is 4.71. The fraction of sp³-hybridized carbons (Fsp3) is 1.00. The molecule has 0 aliphatic carbocycles. The summed E-state index contributed by atoms with van der Waals surface area (Å²) in [7, 11) is 0. The molecule has 8 heavy (non-hydrogen) atoms. The molecule has 0 unspecified atom stereocenters.